The van der Waals surface area contributed by atoms with E-state index in [0.717, 1.165) is 15.6 Å². The first-order valence-corrected chi connectivity index (χ1v) is 8.67. The number of nitrogens with one attached hydrogen (secondary N) is 2. The number of hydrogen-bond donors (Lipinski definition) is 2. The van der Waals surface area contributed by atoms with E-state index < -0.39 is 0 Å². The van der Waals surface area contributed by atoms with Gasteiger partial charge in [0.05, 0.1) is 12.6 Å². The summed E-state index contributed by atoms with van der Waals surface area (Å²) in [5, 5.41) is 6.90. The van der Waals surface area contributed by atoms with Gasteiger partial charge in [-0.05, 0) is 37.1 Å². The quantitative estimate of drug-likeness (QED) is 0.748. The van der Waals surface area contributed by atoms with Crippen molar-refractivity contribution in [3.8, 4) is 0 Å². The molecular formula is C18H20BrClN2O. The summed E-state index contributed by atoms with van der Waals surface area (Å²) in [4.78, 5) is 12.1. The lowest BCUT2D eigenvalue weighted by molar-refractivity contribution is -0.121. The first-order valence-electron chi connectivity index (χ1n) is 7.50. The number of rotatable bonds is 6. The zero-order valence-electron chi connectivity index (χ0n) is 13.1. The van der Waals surface area contributed by atoms with Crippen LogP contribution in [-0.4, -0.2) is 12.5 Å². The Balaban J connectivity index is 1.88. The van der Waals surface area contributed by atoms with Crippen LogP contribution >= 0.6 is 27.5 Å². The van der Waals surface area contributed by atoms with E-state index in [1.54, 1.807) is 0 Å². The van der Waals surface area contributed by atoms with Gasteiger partial charge in [0.25, 0.3) is 0 Å². The summed E-state index contributed by atoms with van der Waals surface area (Å²) in [6.07, 6.45) is 0. The third kappa shape index (κ3) is 5.06. The Morgan fingerprint density at radius 3 is 2.30 bits per heavy atom. The Bertz CT molecular complexity index is 678. The second kappa shape index (κ2) is 8.48. The van der Waals surface area contributed by atoms with Crippen LogP contribution in [0.1, 0.15) is 37.1 Å². The van der Waals surface area contributed by atoms with Crippen LogP contribution in [0.5, 0.6) is 0 Å². The fourth-order valence-electron chi connectivity index (χ4n) is 2.38. The van der Waals surface area contributed by atoms with Crippen LogP contribution < -0.4 is 10.6 Å². The van der Waals surface area contributed by atoms with E-state index in [4.69, 9.17) is 11.6 Å². The van der Waals surface area contributed by atoms with Crippen LogP contribution in [0.2, 0.25) is 5.02 Å². The molecule has 23 heavy (non-hydrogen) atoms. The van der Waals surface area contributed by atoms with Crippen LogP contribution in [0.3, 0.4) is 0 Å². The number of carbonyl (C=O) groups excluding carboxylic acids is 1. The van der Waals surface area contributed by atoms with Crippen molar-refractivity contribution >= 4 is 33.4 Å². The predicted molar refractivity (Wildman–Crippen MR) is 98.6 cm³/mol. The lowest BCUT2D eigenvalue weighted by Crippen LogP contribution is -2.36. The highest BCUT2D eigenvalue weighted by Gasteiger charge is 2.14. The van der Waals surface area contributed by atoms with E-state index in [1.807, 2.05) is 62.4 Å². The maximum absolute atomic E-state index is 12.1. The summed E-state index contributed by atoms with van der Waals surface area (Å²) < 4.78 is 0.991. The highest BCUT2D eigenvalue weighted by atomic mass is 79.9. The second-order valence-electron chi connectivity index (χ2n) is 5.43. The fourth-order valence-corrected chi connectivity index (χ4v) is 3.31. The van der Waals surface area contributed by atoms with Crippen molar-refractivity contribution < 1.29 is 4.79 Å². The van der Waals surface area contributed by atoms with E-state index in [-0.39, 0.29) is 24.5 Å². The van der Waals surface area contributed by atoms with Gasteiger partial charge in [0, 0.05) is 15.5 Å². The summed E-state index contributed by atoms with van der Waals surface area (Å²) in [5.74, 6) is -0.0489. The van der Waals surface area contributed by atoms with Crippen molar-refractivity contribution in [3.05, 3.63) is 69.2 Å². The first-order chi connectivity index (χ1) is 11.0. The zero-order valence-corrected chi connectivity index (χ0v) is 15.5. The van der Waals surface area contributed by atoms with Gasteiger partial charge < -0.3 is 10.6 Å². The summed E-state index contributed by atoms with van der Waals surface area (Å²) in [6, 6.07) is 15.5. The topological polar surface area (TPSA) is 41.1 Å². The van der Waals surface area contributed by atoms with Crippen molar-refractivity contribution in [2.75, 3.05) is 6.54 Å². The molecule has 2 N–H and O–H groups in total. The van der Waals surface area contributed by atoms with Gasteiger partial charge in [0.1, 0.15) is 0 Å². The maximum atomic E-state index is 12.1. The smallest absolute Gasteiger partial charge is 0.234 e. The van der Waals surface area contributed by atoms with E-state index >= 15 is 0 Å². The van der Waals surface area contributed by atoms with Gasteiger partial charge in [0.2, 0.25) is 5.91 Å². The molecule has 122 valence electrons. The monoisotopic (exact) mass is 394 g/mol. The van der Waals surface area contributed by atoms with E-state index in [0.29, 0.717) is 5.02 Å². The van der Waals surface area contributed by atoms with Crippen LogP contribution in [-0.2, 0) is 4.79 Å². The number of halogens is 2. The molecule has 3 nitrogen and oxygen atoms in total. The number of benzene rings is 2. The molecule has 2 atom stereocenters. The lowest BCUT2D eigenvalue weighted by Gasteiger charge is -2.18. The molecular weight excluding hydrogens is 376 g/mol. The van der Waals surface area contributed by atoms with Crippen LogP contribution in [0, 0.1) is 0 Å². The summed E-state index contributed by atoms with van der Waals surface area (Å²) in [7, 11) is 0. The van der Waals surface area contributed by atoms with E-state index in [9.17, 15) is 4.79 Å². The molecule has 0 bridgehead atoms. The lowest BCUT2D eigenvalue weighted by atomic mass is 10.1. The largest absolute Gasteiger partial charge is 0.348 e. The van der Waals surface area contributed by atoms with Crippen molar-refractivity contribution in [1.29, 1.82) is 0 Å². The number of hydrogen-bond acceptors (Lipinski definition) is 2. The average Bonchev–Trinajstić information content (AvgIpc) is 2.53. The highest BCUT2D eigenvalue weighted by Crippen LogP contribution is 2.23. The summed E-state index contributed by atoms with van der Waals surface area (Å²) in [6.45, 7) is 4.20. The Kier molecular flexibility index (Phi) is 6.63. The molecule has 0 aliphatic carbocycles. The Morgan fingerprint density at radius 1 is 1.04 bits per heavy atom. The van der Waals surface area contributed by atoms with Gasteiger partial charge >= 0.3 is 0 Å². The van der Waals surface area contributed by atoms with Gasteiger partial charge in [-0.3, -0.25) is 4.79 Å². The molecule has 0 aliphatic heterocycles. The molecule has 0 radical (unpaired) electrons. The molecule has 1 amide bonds. The first kappa shape index (κ1) is 18.0. The SMILES string of the molecule is C[C@H](NCC(=O)N[C@@H](C)c1ccccc1Br)c1ccccc1Cl. The molecule has 0 fully saturated rings. The minimum Gasteiger partial charge on any atom is -0.348 e. The Labute approximate surface area is 150 Å². The fraction of sp³-hybridized carbons (Fsp3) is 0.278. The van der Waals surface area contributed by atoms with Crippen molar-refractivity contribution in [1.82, 2.24) is 10.6 Å². The highest BCUT2D eigenvalue weighted by molar-refractivity contribution is 9.10. The molecule has 5 heteroatoms. The summed E-state index contributed by atoms with van der Waals surface area (Å²) in [5.41, 5.74) is 2.04. The third-order valence-corrected chi connectivity index (χ3v) is 4.76. The van der Waals surface area contributed by atoms with Crippen LogP contribution in [0.4, 0.5) is 0 Å². The van der Waals surface area contributed by atoms with E-state index in [1.165, 1.54) is 0 Å². The third-order valence-electron chi connectivity index (χ3n) is 3.69. The van der Waals surface area contributed by atoms with Crippen LogP contribution in [0.25, 0.3) is 0 Å². The van der Waals surface area contributed by atoms with Crippen molar-refractivity contribution in [2.24, 2.45) is 0 Å². The van der Waals surface area contributed by atoms with Gasteiger partial charge in [-0.25, -0.2) is 0 Å². The molecule has 0 spiro atoms. The minimum absolute atomic E-state index is 0.00761. The average molecular weight is 396 g/mol. The minimum atomic E-state index is -0.0597. The second-order valence-corrected chi connectivity index (χ2v) is 6.70. The Morgan fingerprint density at radius 2 is 1.65 bits per heavy atom. The van der Waals surface area contributed by atoms with Gasteiger partial charge in [0.15, 0.2) is 0 Å². The number of amides is 1. The van der Waals surface area contributed by atoms with Crippen LogP contribution in [0.15, 0.2) is 53.0 Å². The van der Waals surface area contributed by atoms with Gasteiger partial charge in [-0.15, -0.1) is 0 Å². The van der Waals surface area contributed by atoms with Gasteiger partial charge in [-0.2, -0.15) is 0 Å². The number of carbonyl (C=O) groups is 1. The Hall–Kier alpha value is -1.36. The standard InChI is InChI=1S/C18H20BrClN2O/c1-12(15-8-4-6-10-17(15)20)21-11-18(23)22-13(2)14-7-3-5-9-16(14)19/h3-10,12-13,21H,11H2,1-2H3,(H,22,23)/t12-,13-/m0/s1. The summed E-state index contributed by atoms with van der Waals surface area (Å²) >= 11 is 9.68. The molecule has 2 aromatic carbocycles. The normalized spacial score (nSPS) is 13.4. The van der Waals surface area contributed by atoms with Crippen molar-refractivity contribution in [3.63, 3.8) is 0 Å². The molecule has 0 heterocycles. The molecule has 0 aliphatic rings. The van der Waals surface area contributed by atoms with E-state index in [2.05, 4.69) is 26.6 Å². The molecule has 0 unspecified atom stereocenters. The maximum Gasteiger partial charge on any atom is 0.234 e. The molecule has 2 aromatic rings. The predicted octanol–water partition coefficient (Wildman–Crippen LogP) is 4.63. The molecule has 0 saturated heterocycles. The molecule has 0 saturated carbocycles. The zero-order chi connectivity index (χ0) is 16.8. The molecule has 2 rings (SSSR count). The van der Waals surface area contributed by atoms with Crippen molar-refractivity contribution in [2.45, 2.75) is 25.9 Å². The van der Waals surface area contributed by atoms with Gasteiger partial charge in [-0.1, -0.05) is 63.9 Å². The molecule has 0 aromatic heterocycles.